The molecule has 3 rings (SSSR count). The van der Waals surface area contributed by atoms with E-state index in [2.05, 4.69) is 11.8 Å². The van der Waals surface area contributed by atoms with Crippen molar-refractivity contribution in [3.63, 3.8) is 0 Å². The summed E-state index contributed by atoms with van der Waals surface area (Å²) in [6, 6.07) is 3.39. The topological polar surface area (TPSA) is 60.9 Å². The Hall–Kier alpha value is -1.22. The van der Waals surface area contributed by atoms with E-state index in [4.69, 9.17) is 11.6 Å². The van der Waals surface area contributed by atoms with Gasteiger partial charge in [-0.15, -0.1) is 0 Å². The van der Waals surface area contributed by atoms with Crippen molar-refractivity contribution in [2.24, 2.45) is 5.92 Å². The molecule has 0 aromatic heterocycles. The Bertz CT molecular complexity index is 797. The average Bonchev–Trinajstić information content (AvgIpc) is 2.64. The molecule has 0 unspecified atom stereocenters. The maximum atomic E-state index is 13.3. The van der Waals surface area contributed by atoms with Crippen LogP contribution in [0.3, 0.4) is 0 Å². The van der Waals surface area contributed by atoms with E-state index in [1.807, 2.05) is 0 Å². The number of halogens is 2. The van der Waals surface area contributed by atoms with E-state index >= 15 is 0 Å². The summed E-state index contributed by atoms with van der Waals surface area (Å²) in [7, 11) is -3.75. The number of hydrogen-bond donors (Lipinski definition) is 0. The van der Waals surface area contributed by atoms with Crippen LogP contribution in [-0.4, -0.2) is 74.2 Å². The third-order valence-corrected chi connectivity index (χ3v) is 7.40. The predicted molar refractivity (Wildman–Crippen MR) is 102 cm³/mol. The first-order valence-corrected chi connectivity index (χ1v) is 11.0. The lowest BCUT2D eigenvalue weighted by molar-refractivity contribution is -0.134. The van der Waals surface area contributed by atoms with Gasteiger partial charge in [-0.05, 0) is 43.5 Å². The summed E-state index contributed by atoms with van der Waals surface area (Å²) in [6.07, 6.45) is 2.31. The molecule has 1 aromatic carbocycles. The minimum Gasteiger partial charge on any atom is -0.339 e. The van der Waals surface area contributed by atoms with E-state index in [1.54, 1.807) is 4.90 Å². The highest BCUT2D eigenvalue weighted by Gasteiger charge is 2.31. The van der Waals surface area contributed by atoms with Gasteiger partial charge in [0.05, 0.1) is 16.5 Å². The van der Waals surface area contributed by atoms with Gasteiger partial charge in [0, 0.05) is 32.7 Å². The van der Waals surface area contributed by atoms with E-state index < -0.39 is 15.8 Å². The molecule has 0 bridgehead atoms. The maximum absolute atomic E-state index is 13.3. The lowest BCUT2D eigenvalue weighted by Gasteiger charge is -2.36. The molecule has 2 aliphatic heterocycles. The zero-order chi connectivity index (χ0) is 19.6. The van der Waals surface area contributed by atoms with Crippen molar-refractivity contribution >= 4 is 27.5 Å². The minimum absolute atomic E-state index is 0.0315. The first kappa shape index (κ1) is 20.5. The molecule has 9 heteroatoms. The van der Waals surface area contributed by atoms with Gasteiger partial charge in [-0.2, -0.15) is 4.31 Å². The van der Waals surface area contributed by atoms with Crippen molar-refractivity contribution in [3.8, 4) is 0 Å². The summed E-state index contributed by atoms with van der Waals surface area (Å²) in [4.78, 5) is 16.4. The number of nitrogens with zero attached hydrogens (tertiary/aromatic N) is 3. The lowest BCUT2D eigenvalue weighted by Crippen LogP contribution is -2.53. The predicted octanol–water partition coefficient (Wildman–Crippen LogP) is 2.04. The van der Waals surface area contributed by atoms with Gasteiger partial charge in [0.25, 0.3) is 0 Å². The molecule has 150 valence electrons. The Morgan fingerprint density at radius 3 is 2.56 bits per heavy atom. The summed E-state index contributed by atoms with van der Waals surface area (Å²) in [6.45, 7) is 5.62. The van der Waals surface area contributed by atoms with Crippen LogP contribution in [0.5, 0.6) is 0 Å². The molecule has 0 N–H and O–H groups in total. The average molecular weight is 418 g/mol. The molecule has 2 heterocycles. The van der Waals surface area contributed by atoms with Crippen LogP contribution in [0.1, 0.15) is 19.8 Å². The van der Waals surface area contributed by atoms with Crippen LogP contribution in [0.15, 0.2) is 23.1 Å². The molecule has 0 aliphatic carbocycles. The van der Waals surface area contributed by atoms with Crippen LogP contribution in [0.25, 0.3) is 0 Å². The van der Waals surface area contributed by atoms with E-state index in [-0.39, 0.29) is 28.9 Å². The fourth-order valence-corrected chi connectivity index (χ4v) is 5.38. The summed E-state index contributed by atoms with van der Waals surface area (Å²) in [5.74, 6) is 0.000104. The second-order valence-corrected chi connectivity index (χ2v) is 9.69. The van der Waals surface area contributed by atoms with Gasteiger partial charge in [0.1, 0.15) is 5.82 Å². The number of rotatable bonds is 4. The standard InChI is InChI=1S/C18H25ClFN3O3S/c1-14-3-2-6-21(12-14)13-18(24)22-7-9-23(10-8-22)27(25,26)15-4-5-17(20)16(19)11-15/h4-5,11,14H,2-3,6-10,12-13H2,1H3/t14-/m1/s1. The van der Waals surface area contributed by atoms with Gasteiger partial charge in [0.15, 0.2) is 0 Å². The number of amides is 1. The molecule has 2 saturated heterocycles. The van der Waals surface area contributed by atoms with Crippen LogP contribution in [-0.2, 0) is 14.8 Å². The quantitative estimate of drug-likeness (QED) is 0.752. The van der Waals surface area contributed by atoms with Gasteiger partial charge in [-0.3, -0.25) is 9.69 Å². The van der Waals surface area contributed by atoms with Crippen molar-refractivity contribution in [1.29, 1.82) is 0 Å². The van der Waals surface area contributed by atoms with Crippen LogP contribution >= 0.6 is 11.6 Å². The van der Waals surface area contributed by atoms with E-state index in [0.717, 1.165) is 31.6 Å². The normalized spacial score (nSPS) is 22.8. The summed E-state index contributed by atoms with van der Waals surface area (Å²) < 4.78 is 40.0. The van der Waals surface area contributed by atoms with Crippen LogP contribution in [0.2, 0.25) is 5.02 Å². The van der Waals surface area contributed by atoms with E-state index in [0.29, 0.717) is 25.6 Å². The molecule has 2 fully saturated rings. The Kier molecular flexibility index (Phi) is 6.40. The SMILES string of the molecule is C[C@@H]1CCCN(CC(=O)N2CCN(S(=O)(=O)c3ccc(F)c(Cl)c3)CC2)C1. The Morgan fingerprint density at radius 2 is 1.93 bits per heavy atom. The minimum atomic E-state index is -3.75. The number of benzene rings is 1. The second kappa shape index (κ2) is 8.43. The number of carbonyl (C=O) groups is 1. The van der Waals surface area contributed by atoms with Crippen LogP contribution in [0.4, 0.5) is 4.39 Å². The molecular weight excluding hydrogens is 393 g/mol. The Morgan fingerprint density at radius 1 is 1.22 bits per heavy atom. The van der Waals surface area contributed by atoms with Gasteiger partial charge in [0.2, 0.25) is 15.9 Å². The monoisotopic (exact) mass is 417 g/mol. The van der Waals surface area contributed by atoms with Crippen molar-refractivity contribution < 1.29 is 17.6 Å². The number of piperazine rings is 1. The fraction of sp³-hybridized carbons (Fsp3) is 0.611. The first-order chi connectivity index (χ1) is 12.8. The zero-order valence-corrected chi connectivity index (χ0v) is 17.0. The van der Waals surface area contributed by atoms with Crippen LogP contribution in [0, 0.1) is 11.7 Å². The largest absolute Gasteiger partial charge is 0.339 e. The molecule has 2 aliphatic rings. The van der Waals surface area contributed by atoms with Crippen molar-refractivity contribution in [1.82, 2.24) is 14.1 Å². The molecule has 0 radical (unpaired) electrons. The summed E-state index contributed by atoms with van der Waals surface area (Å²) in [5, 5.41) is -0.222. The third-order valence-electron chi connectivity index (χ3n) is 5.22. The fourth-order valence-electron chi connectivity index (χ4n) is 3.69. The number of sulfonamides is 1. The highest BCUT2D eigenvalue weighted by molar-refractivity contribution is 7.89. The Balaban J connectivity index is 1.57. The first-order valence-electron chi connectivity index (χ1n) is 9.22. The number of hydrogen-bond acceptors (Lipinski definition) is 4. The number of piperidine rings is 1. The van der Waals surface area contributed by atoms with E-state index in [9.17, 15) is 17.6 Å². The lowest BCUT2D eigenvalue weighted by atomic mass is 10.0. The molecule has 1 atom stereocenters. The van der Waals surface area contributed by atoms with Gasteiger partial charge in [-0.1, -0.05) is 18.5 Å². The molecule has 1 aromatic rings. The highest BCUT2D eigenvalue weighted by atomic mass is 35.5. The third kappa shape index (κ3) is 4.80. The number of likely N-dealkylation sites (tertiary alicyclic amines) is 1. The number of carbonyl (C=O) groups excluding carboxylic acids is 1. The Labute approximate surface area is 164 Å². The van der Waals surface area contributed by atoms with Gasteiger partial charge >= 0.3 is 0 Å². The van der Waals surface area contributed by atoms with Gasteiger partial charge in [-0.25, -0.2) is 12.8 Å². The van der Waals surface area contributed by atoms with Crippen molar-refractivity contribution in [2.75, 3.05) is 45.8 Å². The molecule has 27 heavy (non-hydrogen) atoms. The summed E-state index contributed by atoms with van der Waals surface area (Å²) in [5.41, 5.74) is 0. The summed E-state index contributed by atoms with van der Waals surface area (Å²) >= 11 is 5.71. The molecule has 1 amide bonds. The molecular formula is C18H25ClFN3O3S. The van der Waals surface area contributed by atoms with Gasteiger partial charge < -0.3 is 4.90 Å². The smallest absolute Gasteiger partial charge is 0.243 e. The van der Waals surface area contributed by atoms with Crippen molar-refractivity contribution in [3.05, 3.63) is 29.0 Å². The highest BCUT2D eigenvalue weighted by Crippen LogP contribution is 2.23. The molecule has 0 saturated carbocycles. The molecule has 0 spiro atoms. The van der Waals surface area contributed by atoms with Crippen LogP contribution < -0.4 is 0 Å². The maximum Gasteiger partial charge on any atom is 0.243 e. The van der Waals surface area contributed by atoms with E-state index in [1.165, 1.54) is 16.8 Å². The molecule has 6 nitrogen and oxygen atoms in total. The zero-order valence-electron chi connectivity index (χ0n) is 15.4. The second-order valence-electron chi connectivity index (χ2n) is 7.34. The van der Waals surface area contributed by atoms with Crippen molar-refractivity contribution in [2.45, 2.75) is 24.7 Å².